The van der Waals surface area contributed by atoms with Gasteiger partial charge in [0.1, 0.15) is 11.1 Å². The molecular formula is C27H20IN3O3S. The lowest BCUT2D eigenvalue weighted by Gasteiger charge is -2.11. The Bertz CT molecular complexity index is 1390. The SMILES string of the molecule is COc1cc(C=C(C#N)c2nc(-c3ccc(I)cc3)cs2)ccc1OCC(=O)Nc1ccccc1. The highest BCUT2D eigenvalue weighted by Gasteiger charge is 2.12. The van der Waals surface area contributed by atoms with Crippen LogP contribution in [-0.2, 0) is 4.79 Å². The van der Waals surface area contributed by atoms with Crippen LogP contribution in [0.4, 0.5) is 5.69 Å². The standard InChI is InChI=1S/C27H20IN3O3S/c1-33-25-14-18(7-12-24(25)34-16-26(32)30-22-5-3-2-4-6-22)13-20(15-29)27-31-23(17-35-27)19-8-10-21(28)11-9-19/h2-14,17H,16H2,1H3,(H,30,32). The number of ether oxygens (including phenoxy) is 2. The number of benzene rings is 3. The van der Waals surface area contributed by atoms with Gasteiger partial charge in [0.15, 0.2) is 18.1 Å². The van der Waals surface area contributed by atoms with Crippen molar-refractivity contribution in [2.24, 2.45) is 0 Å². The Morgan fingerprint density at radius 2 is 1.89 bits per heavy atom. The molecule has 174 valence electrons. The monoisotopic (exact) mass is 593 g/mol. The summed E-state index contributed by atoms with van der Waals surface area (Å²) in [5, 5.41) is 15.1. The molecule has 0 unspecified atom stereocenters. The van der Waals surface area contributed by atoms with Crippen LogP contribution in [-0.4, -0.2) is 24.6 Å². The normalized spacial score (nSPS) is 10.9. The van der Waals surface area contributed by atoms with Crippen LogP contribution < -0.4 is 14.8 Å². The number of hydrogen-bond acceptors (Lipinski definition) is 6. The molecule has 1 heterocycles. The van der Waals surface area contributed by atoms with Crippen LogP contribution in [0.3, 0.4) is 0 Å². The van der Waals surface area contributed by atoms with Gasteiger partial charge >= 0.3 is 0 Å². The molecule has 1 amide bonds. The van der Waals surface area contributed by atoms with Crippen molar-refractivity contribution >= 4 is 57.2 Å². The van der Waals surface area contributed by atoms with E-state index in [1.807, 2.05) is 47.8 Å². The number of nitriles is 1. The van der Waals surface area contributed by atoms with E-state index in [1.54, 1.807) is 36.4 Å². The van der Waals surface area contributed by atoms with Gasteiger partial charge in [-0.2, -0.15) is 5.26 Å². The van der Waals surface area contributed by atoms with Crippen molar-refractivity contribution in [3.8, 4) is 28.8 Å². The first kappa shape index (κ1) is 24.4. The summed E-state index contributed by atoms with van der Waals surface area (Å²) in [5.74, 6) is 0.616. The van der Waals surface area contributed by atoms with Crippen molar-refractivity contribution in [3.63, 3.8) is 0 Å². The Hall–Kier alpha value is -3.68. The topological polar surface area (TPSA) is 84.2 Å². The fraction of sp³-hybridized carbons (Fsp3) is 0.0741. The lowest BCUT2D eigenvalue weighted by Crippen LogP contribution is -2.20. The predicted octanol–water partition coefficient (Wildman–Crippen LogP) is 6.50. The molecule has 0 aliphatic rings. The van der Waals surface area contributed by atoms with Crippen molar-refractivity contribution in [2.75, 3.05) is 19.0 Å². The fourth-order valence-electron chi connectivity index (χ4n) is 3.21. The minimum atomic E-state index is -0.276. The molecular weight excluding hydrogens is 573 g/mol. The van der Waals surface area contributed by atoms with Crippen molar-refractivity contribution in [1.82, 2.24) is 4.98 Å². The lowest BCUT2D eigenvalue weighted by atomic mass is 10.1. The summed E-state index contributed by atoms with van der Waals surface area (Å²) < 4.78 is 12.3. The van der Waals surface area contributed by atoms with Gasteiger partial charge in [0.25, 0.3) is 5.91 Å². The smallest absolute Gasteiger partial charge is 0.262 e. The second kappa shape index (κ2) is 11.6. The Morgan fingerprint density at radius 3 is 2.60 bits per heavy atom. The second-order valence-electron chi connectivity index (χ2n) is 7.33. The van der Waals surface area contributed by atoms with Gasteiger partial charge in [0.05, 0.1) is 18.4 Å². The Morgan fingerprint density at radius 1 is 1.11 bits per heavy atom. The number of nitrogens with one attached hydrogen (secondary N) is 1. The van der Waals surface area contributed by atoms with Crippen LogP contribution in [0.15, 0.2) is 78.2 Å². The number of hydrogen-bond donors (Lipinski definition) is 1. The number of para-hydroxylation sites is 1. The molecule has 0 saturated carbocycles. The summed E-state index contributed by atoms with van der Waals surface area (Å²) in [6, 6.07) is 24.8. The van der Waals surface area contributed by atoms with E-state index in [0.29, 0.717) is 27.8 Å². The van der Waals surface area contributed by atoms with E-state index < -0.39 is 0 Å². The number of carbonyl (C=O) groups excluding carboxylic acids is 1. The van der Waals surface area contributed by atoms with Gasteiger partial charge in [-0.25, -0.2) is 4.98 Å². The third kappa shape index (κ3) is 6.47. The zero-order valence-electron chi connectivity index (χ0n) is 18.7. The second-order valence-corrected chi connectivity index (χ2v) is 9.43. The van der Waals surface area contributed by atoms with Crippen LogP contribution in [0.25, 0.3) is 22.9 Å². The summed E-state index contributed by atoms with van der Waals surface area (Å²) in [4.78, 5) is 16.8. The number of aromatic nitrogens is 1. The van der Waals surface area contributed by atoms with Gasteiger partial charge in [0, 0.05) is 20.2 Å². The number of thiazole rings is 1. The third-order valence-corrected chi connectivity index (χ3v) is 6.50. The molecule has 8 heteroatoms. The summed E-state index contributed by atoms with van der Waals surface area (Å²) in [5.41, 5.74) is 3.74. The molecule has 3 aromatic carbocycles. The molecule has 1 N–H and O–H groups in total. The number of methoxy groups -OCH3 is 1. The summed E-state index contributed by atoms with van der Waals surface area (Å²) >= 11 is 3.68. The predicted molar refractivity (Wildman–Crippen MR) is 147 cm³/mol. The third-order valence-electron chi connectivity index (χ3n) is 4.91. The summed E-state index contributed by atoms with van der Waals surface area (Å²) in [6.45, 7) is -0.162. The van der Waals surface area contributed by atoms with E-state index in [2.05, 4.69) is 39.0 Å². The Kier molecular flexibility index (Phi) is 8.13. The Labute approximate surface area is 221 Å². The minimum Gasteiger partial charge on any atom is -0.493 e. The van der Waals surface area contributed by atoms with Crippen LogP contribution in [0.5, 0.6) is 11.5 Å². The number of nitrogens with zero attached hydrogens (tertiary/aromatic N) is 2. The largest absolute Gasteiger partial charge is 0.493 e. The molecule has 0 spiro atoms. The first-order valence-corrected chi connectivity index (χ1v) is 12.5. The van der Waals surface area contributed by atoms with Gasteiger partial charge in [0.2, 0.25) is 0 Å². The highest BCUT2D eigenvalue weighted by Crippen LogP contribution is 2.31. The highest BCUT2D eigenvalue weighted by atomic mass is 127. The van der Waals surface area contributed by atoms with Crippen molar-refractivity contribution in [3.05, 3.63) is 92.3 Å². The quantitative estimate of drug-likeness (QED) is 0.186. The van der Waals surface area contributed by atoms with E-state index in [4.69, 9.17) is 9.47 Å². The number of halogens is 1. The van der Waals surface area contributed by atoms with Crippen LogP contribution >= 0.6 is 33.9 Å². The molecule has 1 aromatic heterocycles. The molecule has 35 heavy (non-hydrogen) atoms. The Balaban J connectivity index is 1.47. The fourth-order valence-corrected chi connectivity index (χ4v) is 4.37. The molecule has 0 radical (unpaired) electrons. The maximum atomic E-state index is 12.2. The van der Waals surface area contributed by atoms with Crippen molar-refractivity contribution in [1.29, 1.82) is 5.26 Å². The van der Waals surface area contributed by atoms with Gasteiger partial charge in [-0.1, -0.05) is 36.4 Å². The van der Waals surface area contributed by atoms with Crippen LogP contribution in [0.2, 0.25) is 0 Å². The van der Waals surface area contributed by atoms with E-state index in [0.717, 1.165) is 20.4 Å². The molecule has 6 nitrogen and oxygen atoms in total. The lowest BCUT2D eigenvalue weighted by molar-refractivity contribution is -0.118. The van der Waals surface area contributed by atoms with Gasteiger partial charge in [-0.3, -0.25) is 4.79 Å². The minimum absolute atomic E-state index is 0.162. The summed E-state index contributed by atoms with van der Waals surface area (Å²) in [6.07, 6.45) is 1.75. The molecule has 0 bridgehead atoms. The van der Waals surface area contributed by atoms with E-state index in [1.165, 1.54) is 18.4 Å². The molecule has 4 rings (SSSR count). The molecule has 0 aliphatic carbocycles. The van der Waals surface area contributed by atoms with E-state index >= 15 is 0 Å². The number of carbonyl (C=O) groups is 1. The van der Waals surface area contributed by atoms with Crippen molar-refractivity contribution < 1.29 is 14.3 Å². The zero-order chi connectivity index (χ0) is 24.6. The van der Waals surface area contributed by atoms with Crippen LogP contribution in [0.1, 0.15) is 10.6 Å². The van der Waals surface area contributed by atoms with Gasteiger partial charge in [-0.05, 0) is 70.6 Å². The maximum Gasteiger partial charge on any atom is 0.262 e. The molecule has 0 atom stereocenters. The molecule has 0 fully saturated rings. The maximum absolute atomic E-state index is 12.2. The summed E-state index contributed by atoms with van der Waals surface area (Å²) in [7, 11) is 1.53. The van der Waals surface area contributed by atoms with E-state index in [9.17, 15) is 10.1 Å². The zero-order valence-corrected chi connectivity index (χ0v) is 21.7. The van der Waals surface area contributed by atoms with Crippen molar-refractivity contribution in [2.45, 2.75) is 0 Å². The molecule has 0 aliphatic heterocycles. The average Bonchev–Trinajstić information content (AvgIpc) is 3.37. The number of amides is 1. The number of allylic oxidation sites excluding steroid dienone is 1. The van der Waals surface area contributed by atoms with Gasteiger partial charge < -0.3 is 14.8 Å². The molecule has 4 aromatic rings. The number of anilines is 1. The first-order chi connectivity index (χ1) is 17.1. The first-order valence-electron chi connectivity index (χ1n) is 10.5. The highest BCUT2D eigenvalue weighted by molar-refractivity contribution is 14.1. The van der Waals surface area contributed by atoms with Crippen LogP contribution in [0, 0.1) is 14.9 Å². The number of rotatable bonds is 8. The molecule has 0 saturated heterocycles. The van der Waals surface area contributed by atoms with Gasteiger partial charge in [-0.15, -0.1) is 11.3 Å². The van der Waals surface area contributed by atoms with E-state index in [-0.39, 0.29) is 12.5 Å². The average molecular weight is 593 g/mol.